The molecule has 1 rings (SSSR count). The zero-order valence-electron chi connectivity index (χ0n) is 8.04. The summed E-state index contributed by atoms with van der Waals surface area (Å²) in [5, 5.41) is 0. The molecule has 0 amide bonds. The minimum Gasteiger partial charge on any atom is -0.381 e. The van der Waals surface area contributed by atoms with Gasteiger partial charge in [0.25, 0.3) is 0 Å². The van der Waals surface area contributed by atoms with Crippen molar-refractivity contribution in [2.24, 2.45) is 5.92 Å². The molecule has 0 bridgehead atoms. The lowest BCUT2D eigenvalue weighted by atomic mass is 9.96. The highest BCUT2D eigenvalue weighted by atomic mass is 32.2. The third kappa shape index (κ3) is 2.87. The summed E-state index contributed by atoms with van der Waals surface area (Å²) in [6.07, 6.45) is 3.42. The Balaban J connectivity index is 2.82. The van der Waals surface area contributed by atoms with Gasteiger partial charge >= 0.3 is 15.6 Å². The van der Waals surface area contributed by atoms with Crippen LogP contribution in [0.3, 0.4) is 0 Å². The van der Waals surface area contributed by atoms with Crippen LogP contribution >= 0.6 is 0 Å². The molecule has 1 aliphatic carbocycles. The molecule has 0 radical (unpaired) electrons. The minimum atomic E-state index is -5.50. The summed E-state index contributed by atoms with van der Waals surface area (Å²) in [6.45, 7) is 1.64. The van der Waals surface area contributed by atoms with Crippen molar-refractivity contribution < 1.29 is 25.8 Å². The first-order valence-corrected chi connectivity index (χ1v) is 5.85. The second-order valence-electron chi connectivity index (χ2n) is 3.42. The van der Waals surface area contributed by atoms with Gasteiger partial charge in [-0.1, -0.05) is 6.92 Å². The van der Waals surface area contributed by atoms with Crippen molar-refractivity contribution >= 4 is 10.1 Å². The molecule has 88 valence electrons. The molecule has 0 N–H and O–H groups in total. The van der Waals surface area contributed by atoms with Gasteiger partial charge in [-0.25, -0.2) is 0 Å². The van der Waals surface area contributed by atoms with Gasteiger partial charge in [0.2, 0.25) is 0 Å². The molecule has 0 spiro atoms. The molecule has 0 saturated carbocycles. The lowest BCUT2D eigenvalue weighted by Crippen LogP contribution is -2.27. The predicted octanol–water partition coefficient (Wildman–Crippen LogP) is 2.56. The Morgan fingerprint density at radius 1 is 1.47 bits per heavy atom. The zero-order chi connectivity index (χ0) is 11.7. The molecule has 3 nitrogen and oxygen atoms in total. The van der Waals surface area contributed by atoms with Gasteiger partial charge in [-0.2, -0.15) is 21.6 Å². The van der Waals surface area contributed by atoms with Crippen LogP contribution in [0.15, 0.2) is 11.8 Å². The van der Waals surface area contributed by atoms with Gasteiger partial charge in [-0.05, 0) is 25.3 Å². The van der Waals surface area contributed by atoms with Crippen LogP contribution in [0.1, 0.15) is 26.2 Å². The van der Waals surface area contributed by atoms with Gasteiger partial charge in [0.05, 0.1) is 0 Å². The van der Waals surface area contributed by atoms with E-state index in [-0.39, 0.29) is 11.7 Å². The Morgan fingerprint density at radius 2 is 2.07 bits per heavy atom. The van der Waals surface area contributed by atoms with Crippen LogP contribution in [0.4, 0.5) is 13.2 Å². The molecular formula is C8H11F3O3S. The maximum absolute atomic E-state index is 12.0. The first-order chi connectivity index (χ1) is 6.74. The normalized spacial score (nSPS) is 23.5. The first kappa shape index (κ1) is 12.4. The van der Waals surface area contributed by atoms with Crippen LogP contribution in [0.25, 0.3) is 0 Å². The molecular weight excluding hydrogens is 233 g/mol. The molecule has 0 aliphatic heterocycles. The van der Waals surface area contributed by atoms with E-state index in [0.29, 0.717) is 12.8 Å². The van der Waals surface area contributed by atoms with Crippen molar-refractivity contribution in [2.75, 3.05) is 0 Å². The summed E-state index contributed by atoms with van der Waals surface area (Å²) in [5.41, 5.74) is -5.36. The second-order valence-corrected chi connectivity index (χ2v) is 4.96. The number of alkyl halides is 3. The quantitative estimate of drug-likeness (QED) is 0.554. The molecule has 15 heavy (non-hydrogen) atoms. The van der Waals surface area contributed by atoms with E-state index in [9.17, 15) is 21.6 Å². The maximum Gasteiger partial charge on any atom is 0.534 e. The fourth-order valence-electron chi connectivity index (χ4n) is 1.30. The van der Waals surface area contributed by atoms with Crippen LogP contribution in [-0.4, -0.2) is 13.9 Å². The number of hydrogen-bond acceptors (Lipinski definition) is 3. The summed E-state index contributed by atoms with van der Waals surface area (Å²) in [6, 6.07) is 0. The van der Waals surface area contributed by atoms with Gasteiger partial charge in [0.1, 0.15) is 5.76 Å². The number of rotatable bonds is 2. The zero-order valence-corrected chi connectivity index (χ0v) is 8.86. The molecule has 0 saturated heterocycles. The van der Waals surface area contributed by atoms with Crippen LogP contribution in [0.5, 0.6) is 0 Å². The van der Waals surface area contributed by atoms with Crippen LogP contribution < -0.4 is 0 Å². The Morgan fingerprint density at radius 3 is 2.53 bits per heavy atom. The highest BCUT2D eigenvalue weighted by Gasteiger charge is 2.49. The maximum atomic E-state index is 12.0. The fraction of sp³-hybridized carbons (Fsp3) is 0.750. The SMILES string of the molecule is C[C@@H]1CCCC=C1OS(=O)(=O)C(F)(F)F. The lowest BCUT2D eigenvalue weighted by molar-refractivity contribution is -0.0527. The van der Waals surface area contributed by atoms with E-state index in [4.69, 9.17) is 0 Å². The standard InChI is InChI=1S/C8H11F3O3S/c1-6-4-2-3-5-7(6)14-15(12,13)8(9,10)11/h5-6H,2-4H2,1H3/t6-/m1/s1. The average Bonchev–Trinajstić information content (AvgIpc) is 2.06. The summed E-state index contributed by atoms with van der Waals surface area (Å²) in [7, 11) is -5.50. The molecule has 0 aromatic heterocycles. The highest BCUT2D eigenvalue weighted by Crippen LogP contribution is 2.32. The monoisotopic (exact) mass is 244 g/mol. The Kier molecular flexibility index (Phi) is 3.32. The Bertz CT molecular complexity index is 356. The third-order valence-corrected chi connectivity index (χ3v) is 3.14. The number of halogens is 3. The van der Waals surface area contributed by atoms with Crippen molar-refractivity contribution in [3.05, 3.63) is 11.8 Å². The van der Waals surface area contributed by atoms with E-state index in [1.807, 2.05) is 0 Å². The molecule has 1 aliphatic rings. The summed E-state index contributed by atoms with van der Waals surface area (Å²) < 4.78 is 61.3. The summed E-state index contributed by atoms with van der Waals surface area (Å²) in [5.74, 6) is -0.380. The summed E-state index contributed by atoms with van der Waals surface area (Å²) >= 11 is 0. The van der Waals surface area contributed by atoms with E-state index in [1.165, 1.54) is 6.08 Å². The van der Waals surface area contributed by atoms with Crippen molar-refractivity contribution in [3.8, 4) is 0 Å². The highest BCUT2D eigenvalue weighted by molar-refractivity contribution is 7.87. The van der Waals surface area contributed by atoms with Crippen LogP contribution in [0, 0.1) is 5.92 Å². The summed E-state index contributed by atoms with van der Waals surface area (Å²) in [4.78, 5) is 0. The third-order valence-electron chi connectivity index (χ3n) is 2.16. The van der Waals surface area contributed by atoms with Gasteiger partial charge in [-0.15, -0.1) is 0 Å². The van der Waals surface area contributed by atoms with Crippen LogP contribution in [0.2, 0.25) is 0 Å². The van der Waals surface area contributed by atoms with E-state index in [1.54, 1.807) is 6.92 Å². The number of allylic oxidation sites excluding steroid dienone is 2. The van der Waals surface area contributed by atoms with Crippen LogP contribution in [-0.2, 0) is 14.3 Å². The van der Waals surface area contributed by atoms with Gasteiger partial charge in [0, 0.05) is 5.92 Å². The topological polar surface area (TPSA) is 43.4 Å². The second kappa shape index (κ2) is 4.03. The molecule has 0 unspecified atom stereocenters. The Hall–Kier alpha value is -0.720. The van der Waals surface area contributed by atoms with Crippen molar-refractivity contribution in [2.45, 2.75) is 31.7 Å². The molecule has 7 heteroatoms. The minimum absolute atomic E-state index is 0.0985. The van der Waals surface area contributed by atoms with E-state index >= 15 is 0 Å². The van der Waals surface area contributed by atoms with Gasteiger partial charge in [-0.3, -0.25) is 0 Å². The molecule has 0 fully saturated rings. The first-order valence-electron chi connectivity index (χ1n) is 4.45. The van der Waals surface area contributed by atoms with E-state index in [2.05, 4.69) is 4.18 Å². The van der Waals surface area contributed by atoms with E-state index < -0.39 is 15.6 Å². The lowest BCUT2D eigenvalue weighted by Gasteiger charge is -2.20. The molecule has 0 heterocycles. The predicted molar refractivity (Wildman–Crippen MR) is 47.2 cm³/mol. The van der Waals surface area contributed by atoms with Crippen molar-refractivity contribution in [1.29, 1.82) is 0 Å². The van der Waals surface area contributed by atoms with Crippen molar-refractivity contribution in [3.63, 3.8) is 0 Å². The smallest absolute Gasteiger partial charge is 0.381 e. The largest absolute Gasteiger partial charge is 0.534 e. The molecule has 1 atom stereocenters. The fourth-order valence-corrected chi connectivity index (χ4v) is 1.88. The average molecular weight is 244 g/mol. The van der Waals surface area contributed by atoms with E-state index in [0.717, 1.165) is 6.42 Å². The van der Waals surface area contributed by atoms with Gasteiger partial charge < -0.3 is 4.18 Å². The Labute approximate surface area is 86.0 Å². The number of hydrogen-bond donors (Lipinski definition) is 0. The molecule has 0 aromatic rings. The van der Waals surface area contributed by atoms with Crippen molar-refractivity contribution in [1.82, 2.24) is 0 Å². The van der Waals surface area contributed by atoms with Gasteiger partial charge in [0.15, 0.2) is 0 Å². The molecule has 0 aromatic carbocycles.